The van der Waals surface area contributed by atoms with Crippen LogP contribution in [0.3, 0.4) is 0 Å². The van der Waals surface area contributed by atoms with Crippen molar-refractivity contribution in [3.05, 3.63) is 18.0 Å². The van der Waals surface area contributed by atoms with Crippen molar-refractivity contribution in [2.75, 3.05) is 0 Å². The number of hydrogen-bond donors (Lipinski definition) is 2. The van der Waals surface area contributed by atoms with E-state index in [-0.39, 0.29) is 18.4 Å². The molecule has 3 rings (SSSR count). The summed E-state index contributed by atoms with van der Waals surface area (Å²) < 4.78 is 1.65. The van der Waals surface area contributed by atoms with Crippen LogP contribution in [0.25, 0.3) is 0 Å². The third-order valence-electron chi connectivity index (χ3n) is 4.63. The Bertz CT molecular complexity index is 647. The van der Waals surface area contributed by atoms with Gasteiger partial charge < -0.3 is 10.6 Å². The molecule has 2 fully saturated rings. The van der Waals surface area contributed by atoms with Crippen molar-refractivity contribution in [2.45, 2.75) is 50.7 Å². The minimum Gasteiger partial charge on any atom is -0.349 e. The number of nitrogens with one attached hydrogen (secondary N) is 2. The monoisotopic (exact) mass is 319 g/mol. The minimum atomic E-state index is -0.841. The summed E-state index contributed by atoms with van der Waals surface area (Å²) in [7, 11) is 1.79. The average molecular weight is 319 g/mol. The highest BCUT2D eigenvalue weighted by Gasteiger charge is 2.54. The number of carbonyl (C=O) groups is 3. The summed E-state index contributed by atoms with van der Waals surface area (Å²) in [4.78, 5) is 38.1. The summed E-state index contributed by atoms with van der Waals surface area (Å²) in [6, 6.07) is 0.482. The first-order valence-corrected chi connectivity index (χ1v) is 7.85. The largest absolute Gasteiger partial charge is 0.349 e. The lowest BCUT2D eigenvalue weighted by atomic mass is 9.97. The molecule has 2 N–H and O–H groups in total. The average Bonchev–Trinajstić information content (AvgIpc) is 3.19. The summed E-state index contributed by atoms with van der Waals surface area (Å²) in [6.45, 7) is 1.83. The lowest BCUT2D eigenvalue weighted by molar-refractivity contribution is -0.137. The Hall–Kier alpha value is -2.38. The third-order valence-corrected chi connectivity index (χ3v) is 4.63. The predicted octanol–water partition coefficient (Wildman–Crippen LogP) is 0.289. The quantitative estimate of drug-likeness (QED) is 0.780. The van der Waals surface area contributed by atoms with Crippen molar-refractivity contribution >= 4 is 17.8 Å². The molecule has 8 nitrogen and oxygen atoms in total. The van der Waals surface area contributed by atoms with Gasteiger partial charge in [0.25, 0.3) is 5.91 Å². The molecule has 1 atom stereocenters. The van der Waals surface area contributed by atoms with Gasteiger partial charge in [0.15, 0.2) is 0 Å². The van der Waals surface area contributed by atoms with E-state index in [0.717, 1.165) is 23.4 Å². The summed E-state index contributed by atoms with van der Waals surface area (Å²) in [5.41, 5.74) is -0.0652. The van der Waals surface area contributed by atoms with Crippen LogP contribution >= 0.6 is 0 Å². The van der Waals surface area contributed by atoms with Crippen LogP contribution < -0.4 is 10.6 Å². The van der Waals surface area contributed by atoms with Crippen molar-refractivity contribution in [2.24, 2.45) is 7.05 Å². The Morgan fingerprint density at radius 2 is 2.13 bits per heavy atom. The number of amides is 4. The van der Waals surface area contributed by atoms with Gasteiger partial charge in [-0.2, -0.15) is 5.10 Å². The van der Waals surface area contributed by atoms with Crippen LogP contribution in [0.5, 0.6) is 0 Å². The van der Waals surface area contributed by atoms with E-state index in [1.807, 2.05) is 0 Å². The lowest BCUT2D eigenvalue weighted by Gasteiger charge is -2.23. The van der Waals surface area contributed by atoms with Crippen molar-refractivity contribution in [3.8, 4) is 0 Å². The number of aryl methyl sites for hydroxylation is 1. The normalized spacial score (nSPS) is 20.9. The molecule has 1 unspecified atom stereocenters. The molecule has 1 spiro atoms. The van der Waals surface area contributed by atoms with E-state index in [1.54, 1.807) is 30.9 Å². The maximum atomic E-state index is 12.6. The molecule has 1 saturated heterocycles. The number of carbonyl (C=O) groups excluding carboxylic acids is 3. The smallest absolute Gasteiger partial charge is 0.325 e. The summed E-state index contributed by atoms with van der Waals surface area (Å²) >= 11 is 0. The molecule has 1 aromatic rings. The molecule has 4 amide bonds. The number of nitrogens with zero attached hydrogens (tertiary/aromatic N) is 3. The van der Waals surface area contributed by atoms with Crippen LogP contribution in [-0.4, -0.2) is 44.1 Å². The number of imide groups is 1. The van der Waals surface area contributed by atoms with Gasteiger partial charge in [0.05, 0.1) is 12.2 Å². The van der Waals surface area contributed by atoms with Gasteiger partial charge in [-0.15, -0.1) is 0 Å². The second kappa shape index (κ2) is 5.68. The molecule has 8 heteroatoms. The van der Waals surface area contributed by atoms with Crippen LogP contribution in [-0.2, 0) is 23.2 Å². The SMILES string of the molecule is CC(C(=O)NCc1ccn(C)n1)N1C(=O)NC2(CCCC2)C1=O. The first-order valence-electron chi connectivity index (χ1n) is 7.85. The fourth-order valence-electron chi connectivity index (χ4n) is 3.31. The molecule has 1 aliphatic carbocycles. The maximum Gasteiger partial charge on any atom is 0.325 e. The Kier molecular flexibility index (Phi) is 3.83. The minimum absolute atomic E-state index is 0.263. The predicted molar refractivity (Wildman–Crippen MR) is 81.1 cm³/mol. The highest BCUT2D eigenvalue weighted by Crippen LogP contribution is 2.35. The van der Waals surface area contributed by atoms with E-state index in [1.165, 1.54) is 0 Å². The zero-order valence-corrected chi connectivity index (χ0v) is 13.3. The molecular formula is C15H21N5O3. The van der Waals surface area contributed by atoms with Crippen LogP contribution in [0, 0.1) is 0 Å². The van der Waals surface area contributed by atoms with E-state index < -0.39 is 17.6 Å². The lowest BCUT2D eigenvalue weighted by Crippen LogP contribution is -2.49. The van der Waals surface area contributed by atoms with E-state index >= 15 is 0 Å². The second-order valence-corrected chi connectivity index (χ2v) is 6.27. The molecule has 0 radical (unpaired) electrons. The number of rotatable bonds is 4. The van der Waals surface area contributed by atoms with Gasteiger partial charge in [-0.1, -0.05) is 12.8 Å². The molecule has 2 heterocycles. The molecule has 0 aromatic carbocycles. The Morgan fingerprint density at radius 1 is 1.43 bits per heavy atom. The van der Waals surface area contributed by atoms with Crippen molar-refractivity contribution < 1.29 is 14.4 Å². The Balaban J connectivity index is 1.64. The van der Waals surface area contributed by atoms with E-state index in [9.17, 15) is 14.4 Å². The fraction of sp³-hybridized carbons (Fsp3) is 0.600. The number of urea groups is 1. The highest BCUT2D eigenvalue weighted by molar-refractivity contribution is 6.09. The van der Waals surface area contributed by atoms with Crippen molar-refractivity contribution in [1.82, 2.24) is 25.3 Å². The van der Waals surface area contributed by atoms with Gasteiger partial charge in [0, 0.05) is 13.2 Å². The fourth-order valence-corrected chi connectivity index (χ4v) is 3.31. The highest BCUT2D eigenvalue weighted by atomic mass is 16.2. The van der Waals surface area contributed by atoms with Crippen LogP contribution in [0.15, 0.2) is 12.3 Å². The van der Waals surface area contributed by atoms with Gasteiger partial charge in [-0.3, -0.25) is 14.3 Å². The Labute approximate surface area is 134 Å². The number of hydrogen-bond acceptors (Lipinski definition) is 4. The maximum absolute atomic E-state index is 12.6. The molecule has 0 bridgehead atoms. The van der Waals surface area contributed by atoms with E-state index in [2.05, 4.69) is 15.7 Å². The first-order chi connectivity index (χ1) is 10.9. The van der Waals surface area contributed by atoms with Crippen LogP contribution in [0.4, 0.5) is 4.79 Å². The molecule has 2 aliphatic rings. The summed E-state index contributed by atoms with van der Waals surface area (Å²) in [5.74, 6) is -0.644. The standard InChI is InChI=1S/C15H21N5O3/c1-10(12(21)16-9-11-5-8-19(2)18-11)20-13(22)15(17-14(20)23)6-3-4-7-15/h5,8,10H,3-4,6-7,9H2,1-2H3,(H,16,21)(H,17,23). The van der Waals surface area contributed by atoms with Crippen molar-refractivity contribution in [1.29, 1.82) is 0 Å². The summed E-state index contributed by atoms with van der Waals surface area (Å²) in [6.07, 6.45) is 4.92. The van der Waals surface area contributed by atoms with Gasteiger partial charge in [0.1, 0.15) is 11.6 Å². The van der Waals surface area contributed by atoms with Gasteiger partial charge >= 0.3 is 6.03 Å². The van der Waals surface area contributed by atoms with E-state index in [4.69, 9.17) is 0 Å². The topological polar surface area (TPSA) is 96.3 Å². The Morgan fingerprint density at radius 3 is 2.74 bits per heavy atom. The molecule has 124 valence electrons. The molecule has 1 aliphatic heterocycles. The third kappa shape index (κ3) is 2.69. The molecule has 1 saturated carbocycles. The second-order valence-electron chi connectivity index (χ2n) is 6.27. The zero-order valence-electron chi connectivity index (χ0n) is 13.3. The van der Waals surface area contributed by atoms with Crippen LogP contribution in [0.1, 0.15) is 38.3 Å². The molecule has 1 aromatic heterocycles. The van der Waals surface area contributed by atoms with Gasteiger partial charge in [-0.05, 0) is 25.8 Å². The van der Waals surface area contributed by atoms with E-state index in [0.29, 0.717) is 12.8 Å². The summed E-state index contributed by atoms with van der Waals surface area (Å²) in [5, 5.41) is 9.67. The number of aromatic nitrogens is 2. The zero-order chi connectivity index (χ0) is 16.6. The van der Waals surface area contributed by atoms with Crippen molar-refractivity contribution in [3.63, 3.8) is 0 Å². The first kappa shape index (κ1) is 15.5. The molecular weight excluding hydrogens is 298 g/mol. The van der Waals surface area contributed by atoms with Gasteiger partial charge in [0.2, 0.25) is 5.91 Å². The van der Waals surface area contributed by atoms with Crippen LogP contribution in [0.2, 0.25) is 0 Å². The molecule has 23 heavy (non-hydrogen) atoms. The van der Waals surface area contributed by atoms with Gasteiger partial charge in [-0.25, -0.2) is 9.69 Å².